The number of carbonyl (C=O) groups is 2. The standard InChI is InChI=1S/C9H17N3O4/c1-2-3-4-5-6-10-9(15)12(11-16)7-8(13)14/h2-7H2,1H3,(H,10,15)(H,13,14). The van der Waals surface area contributed by atoms with E-state index in [0.29, 0.717) is 11.6 Å². The van der Waals surface area contributed by atoms with Crippen molar-refractivity contribution < 1.29 is 14.7 Å². The van der Waals surface area contributed by atoms with Crippen LogP contribution in [0.5, 0.6) is 0 Å². The maximum atomic E-state index is 11.2. The molecular formula is C9H17N3O4. The number of amides is 2. The first-order valence-corrected chi connectivity index (χ1v) is 5.22. The Labute approximate surface area is 93.8 Å². The number of carbonyl (C=O) groups excluding carboxylic acids is 1. The molecule has 0 rings (SSSR count). The van der Waals surface area contributed by atoms with Crippen LogP contribution in [-0.4, -0.2) is 35.2 Å². The van der Waals surface area contributed by atoms with Crippen LogP contribution in [0.15, 0.2) is 5.29 Å². The fraction of sp³-hybridized carbons (Fsp3) is 0.778. The van der Waals surface area contributed by atoms with Crippen molar-refractivity contribution in [1.82, 2.24) is 10.3 Å². The van der Waals surface area contributed by atoms with E-state index in [9.17, 15) is 14.5 Å². The highest BCUT2D eigenvalue weighted by molar-refractivity contribution is 5.79. The van der Waals surface area contributed by atoms with Crippen LogP contribution < -0.4 is 5.32 Å². The molecule has 16 heavy (non-hydrogen) atoms. The van der Waals surface area contributed by atoms with Gasteiger partial charge in [0.15, 0.2) is 0 Å². The Kier molecular flexibility index (Phi) is 7.74. The number of nitrogens with one attached hydrogen (secondary N) is 1. The lowest BCUT2D eigenvalue weighted by molar-refractivity contribution is -0.137. The molecule has 7 heteroatoms. The topological polar surface area (TPSA) is 99.1 Å². The minimum atomic E-state index is -1.28. The van der Waals surface area contributed by atoms with Gasteiger partial charge in [0.1, 0.15) is 6.54 Å². The smallest absolute Gasteiger partial charge is 0.340 e. The highest BCUT2D eigenvalue weighted by atomic mass is 16.4. The zero-order chi connectivity index (χ0) is 12.4. The number of aliphatic carboxylic acids is 1. The summed E-state index contributed by atoms with van der Waals surface area (Å²) >= 11 is 0. The van der Waals surface area contributed by atoms with Gasteiger partial charge in [0.05, 0.1) is 5.29 Å². The number of hydrogen-bond acceptors (Lipinski definition) is 4. The minimum Gasteiger partial charge on any atom is -0.480 e. The summed E-state index contributed by atoms with van der Waals surface area (Å²) in [6, 6.07) is -0.770. The zero-order valence-corrected chi connectivity index (χ0v) is 9.31. The Morgan fingerprint density at radius 3 is 2.50 bits per heavy atom. The zero-order valence-electron chi connectivity index (χ0n) is 9.31. The van der Waals surface area contributed by atoms with Gasteiger partial charge in [-0.05, 0) is 6.42 Å². The summed E-state index contributed by atoms with van der Waals surface area (Å²) in [7, 11) is 0. The number of urea groups is 1. The Morgan fingerprint density at radius 1 is 1.31 bits per heavy atom. The predicted molar refractivity (Wildman–Crippen MR) is 57.7 cm³/mol. The van der Waals surface area contributed by atoms with E-state index in [4.69, 9.17) is 5.11 Å². The molecule has 0 aromatic carbocycles. The second-order valence-corrected chi connectivity index (χ2v) is 3.33. The van der Waals surface area contributed by atoms with Crippen molar-refractivity contribution in [2.75, 3.05) is 13.1 Å². The molecule has 2 amide bonds. The van der Waals surface area contributed by atoms with E-state index in [-0.39, 0.29) is 0 Å². The number of unbranched alkanes of at least 4 members (excludes halogenated alkanes) is 3. The number of nitroso groups, excluding NO2 is 1. The van der Waals surface area contributed by atoms with E-state index in [0.717, 1.165) is 25.7 Å². The number of carboxylic acids is 1. The van der Waals surface area contributed by atoms with E-state index in [2.05, 4.69) is 17.5 Å². The van der Waals surface area contributed by atoms with Gasteiger partial charge in [0, 0.05) is 6.54 Å². The number of carboxylic acid groups (broad SMARTS) is 1. The second-order valence-electron chi connectivity index (χ2n) is 3.33. The van der Waals surface area contributed by atoms with Gasteiger partial charge in [0.25, 0.3) is 0 Å². The van der Waals surface area contributed by atoms with Gasteiger partial charge < -0.3 is 10.4 Å². The highest BCUT2D eigenvalue weighted by Gasteiger charge is 2.16. The molecule has 0 spiro atoms. The molecule has 92 valence electrons. The van der Waals surface area contributed by atoms with Crippen molar-refractivity contribution in [3.8, 4) is 0 Å². The minimum absolute atomic E-state index is 0.349. The summed E-state index contributed by atoms with van der Waals surface area (Å²) in [5.41, 5.74) is 0. The van der Waals surface area contributed by atoms with Crippen molar-refractivity contribution in [2.24, 2.45) is 5.29 Å². The third kappa shape index (κ3) is 6.74. The first kappa shape index (κ1) is 14.3. The second kappa shape index (κ2) is 8.63. The van der Waals surface area contributed by atoms with Crippen molar-refractivity contribution in [3.05, 3.63) is 4.91 Å². The Bertz CT molecular complexity index is 245. The molecule has 2 N–H and O–H groups in total. The number of rotatable bonds is 8. The van der Waals surface area contributed by atoms with Crippen LogP contribution in [-0.2, 0) is 4.79 Å². The van der Waals surface area contributed by atoms with E-state index >= 15 is 0 Å². The van der Waals surface area contributed by atoms with Gasteiger partial charge in [-0.1, -0.05) is 26.2 Å². The lowest BCUT2D eigenvalue weighted by atomic mass is 10.2. The Balaban J connectivity index is 3.75. The molecule has 0 saturated carbocycles. The van der Waals surface area contributed by atoms with Crippen LogP contribution in [0.4, 0.5) is 4.79 Å². The normalized spacial score (nSPS) is 9.56. The highest BCUT2D eigenvalue weighted by Crippen LogP contribution is 1.97. The van der Waals surface area contributed by atoms with E-state index in [1.807, 2.05) is 0 Å². The summed E-state index contributed by atoms with van der Waals surface area (Å²) in [6.45, 7) is 1.78. The van der Waals surface area contributed by atoms with E-state index in [1.54, 1.807) is 0 Å². The van der Waals surface area contributed by atoms with E-state index < -0.39 is 18.5 Å². The molecule has 7 nitrogen and oxygen atoms in total. The molecule has 0 fully saturated rings. The van der Waals surface area contributed by atoms with Crippen LogP contribution in [0.1, 0.15) is 32.6 Å². The van der Waals surface area contributed by atoms with Gasteiger partial charge in [-0.15, -0.1) is 4.91 Å². The Hall–Kier alpha value is -1.66. The fourth-order valence-corrected chi connectivity index (χ4v) is 1.10. The first-order valence-electron chi connectivity index (χ1n) is 5.22. The molecule has 0 aliphatic rings. The summed E-state index contributed by atoms with van der Waals surface area (Å²) in [6.07, 6.45) is 3.97. The van der Waals surface area contributed by atoms with Gasteiger partial charge >= 0.3 is 12.0 Å². The third-order valence-corrected chi connectivity index (χ3v) is 1.92. The lowest BCUT2D eigenvalue weighted by Gasteiger charge is -2.11. The van der Waals surface area contributed by atoms with Crippen molar-refractivity contribution >= 4 is 12.0 Å². The van der Waals surface area contributed by atoms with Gasteiger partial charge in [0.2, 0.25) is 0 Å². The summed E-state index contributed by atoms with van der Waals surface area (Å²) in [4.78, 5) is 31.6. The molecule has 0 radical (unpaired) electrons. The molecule has 0 unspecified atom stereocenters. The maximum absolute atomic E-state index is 11.2. The average Bonchev–Trinajstić information content (AvgIpc) is 2.25. The fourth-order valence-electron chi connectivity index (χ4n) is 1.10. The van der Waals surface area contributed by atoms with Gasteiger partial charge in [-0.3, -0.25) is 4.79 Å². The first-order chi connectivity index (χ1) is 7.61. The third-order valence-electron chi connectivity index (χ3n) is 1.92. The molecule has 0 saturated heterocycles. The van der Waals surface area contributed by atoms with Crippen molar-refractivity contribution in [1.29, 1.82) is 0 Å². The van der Waals surface area contributed by atoms with Gasteiger partial charge in [-0.25, -0.2) is 4.79 Å². The van der Waals surface area contributed by atoms with Crippen molar-refractivity contribution in [3.63, 3.8) is 0 Å². The quantitative estimate of drug-likeness (QED) is 0.374. The largest absolute Gasteiger partial charge is 0.480 e. The summed E-state index contributed by atoms with van der Waals surface area (Å²) < 4.78 is 0. The predicted octanol–water partition coefficient (Wildman–Crippen LogP) is 1.34. The lowest BCUT2D eigenvalue weighted by Crippen LogP contribution is -2.39. The van der Waals surface area contributed by atoms with Gasteiger partial charge in [-0.2, -0.15) is 5.01 Å². The summed E-state index contributed by atoms with van der Waals surface area (Å²) in [5.74, 6) is -1.28. The van der Waals surface area contributed by atoms with Crippen LogP contribution in [0.2, 0.25) is 0 Å². The molecular weight excluding hydrogens is 214 g/mol. The average molecular weight is 231 g/mol. The maximum Gasteiger partial charge on any atom is 0.340 e. The summed E-state index contributed by atoms with van der Waals surface area (Å²) in [5, 5.41) is 13.5. The Morgan fingerprint density at radius 2 is 2.00 bits per heavy atom. The van der Waals surface area contributed by atoms with Crippen LogP contribution in [0.3, 0.4) is 0 Å². The van der Waals surface area contributed by atoms with Crippen LogP contribution in [0, 0.1) is 4.91 Å². The number of hydrogen-bond donors (Lipinski definition) is 2. The van der Waals surface area contributed by atoms with Crippen LogP contribution >= 0.6 is 0 Å². The molecule has 0 aromatic heterocycles. The SMILES string of the molecule is CCCCCCNC(=O)N(CC(=O)O)N=O. The molecule has 0 atom stereocenters. The van der Waals surface area contributed by atoms with Crippen LogP contribution in [0.25, 0.3) is 0 Å². The monoisotopic (exact) mass is 231 g/mol. The molecule has 0 bridgehead atoms. The molecule has 0 aliphatic heterocycles. The number of nitrogens with zero attached hydrogens (tertiary/aromatic N) is 2. The van der Waals surface area contributed by atoms with Crippen molar-refractivity contribution in [2.45, 2.75) is 32.6 Å². The molecule has 0 aliphatic carbocycles. The molecule has 0 aromatic rings. The molecule has 0 heterocycles. The van der Waals surface area contributed by atoms with E-state index in [1.165, 1.54) is 0 Å².